The van der Waals surface area contributed by atoms with Gasteiger partial charge in [0.25, 0.3) is 5.91 Å². The third-order valence-corrected chi connectivity index (χ3v) is 5.97. The van der Waals surface area contributed by atoms with E-state index in [-0.39, 0.29) is 24.1 Å². The number of aromatic nitrogens is 1. The number of H-pyrrole nitrogens is 1. The van der Waals surface area contributed by atoms with E-state index in [2.05, 4.69) is 26.0 Å². The third-order valence-electron chi connectivity index (χ3n) is 5.47. The average Bonchev–Trinajstić information content (AvgIpc) is 3.08. The first kappa shape index (κ1) is 17.9. The van der Waals surface area contributed by atoms with Crippen molar-refractivity contribution in [3.05, 3.63) is 63.8 Å². The number of amides is 2. The zero-order chi connectivity index (χ0) is 20.1. The van der Waals surface area contributed by atoms with Gasteiger partial charge >= 0.3 is 0 Å². The van der Waals surface area contributed by atoms with E-state index in [1.54, 1.807) is 17.0 Å². The second kappa shape index (κ2) is 6.73. The number of hydrogen-bond donors (Lipinski definition) is 2. The number of benzene rings is 2. The topological polar surface area (TPSA) is 89.0 Å². The van der Waals surface area contributed by atoms with Gasteiger partial charge in [-0.05, 0) is 29.8 Å². The molecule has 146 valence electrons. The van der Waals surface area contributed by atoms with Crippen LogP contribution in [0.3, 0.4) is 0 Å². The molecule has 3 aromatic rings. The van der Waals surface area contributed by atoms with Gasteiger partial charge in [-0.25, -0.2) is 5.01 Å². The lowest BCUT2D eigenvalue weighted by Gasteiger charge is -2.40. The molecular weight excluding hydrogens is 436 g/mol. The van der Waals surface area contributed by atoms with Gasteiger partial charge in [-0.2, -0.15) is 5.10 Å². The van der Waals surface area contributed by atoms with Crippen molar-refractivity contribution in [2.45, 2.75) is 19.0 Å². The van der Waals surface area contributed by atoms with Crippen molar-refractivity contribution in [2.75, 3.05) is 6.54 Å². The van der Waals surface area contributed by atoms with Crippen LogP contribution >= 0.6 is 15.9 Å². The predicted octanol–water partition coefficient (Wildman–Crippen LogP) is 2.77. The molecule has 5 rings (SSSR count). The van der Waals surface area contributed by atoms with E-state index in [0.717, 1.165) is 26.6 Å². The van der Waals surface area contributed by atoms with Crippen LogP contribution in [0.5, 0.6) is 5.75 Å². The molecule has 1 saturated heterocycles. The van der Waals surface area contributed by atoms with Crippen molar-refractivity contribution in [2.24, 2.45) is 5.10 Å². The Kier molecular flexibility index (Phi) is 4.16. The smallest absolute Gasteiger partial charge is 0.266 e. The summed E-state index contributed by atoms with van der Waals surface area (Å²) in [6.45, 7) is 0.277. The highest BCUT2D eigenvalue weighted by molar-refractivity contribution is 9.10. The minimum Gasteiger partial charge on any atom is -0.507 e. The number of rotatable bonds is 2. The van der Waals surface area contributed by atoms with Crippen LogP contribution in [0.25, 0.3) is 10.9 Å². The molecule has 2 amide bonds. The molecule has 2 aliphatic rings. The van der Waals surface area contributed by atoms with Crippen molar-refractivity contribution in [1.82, 2.24) is 14.9 Å². The summed E-state index contributed by atoms with van der Waals surface area (Å²) in [5.74, 6) is -0.309. The molecule has 7 nitrogen and oxygen atoms in total. The Hall–Kier alpha value is -3.13. The van der Waals surface area contributed by atoms with Crippen LogP contribution < -0.4 is 0 Å². The fourth-order valence-corrected chi connectivity index (χ4v) is 4.40. The number of piperazine rings is 1. The number of nitrogens with one attached hydrogen (secondary N) is 1. The first-order valence-corrected chi connectivity index (χ1v) is 10.0. The maximum atomic E-state index is 13.1. The highest BCUT2D eigenvalue weighted by Gasteiger charge is 2.43. The molecule has 0 radical (unpaired) electrons. The monoisotopic (exact) mass is 452 g/mol. The standard InChI is InChI=1S/C21H17BrN4O3/c22-13-5-6-19(27)12(7-13)9-23-26-11-20(28)25-10-17-15(8-18(25)21(26)29)14-3-1-2-4-16(14)24-17/h1-7,9,18,24,27H,8,10-11H2/t18-/m0/s1. The number of phenolic OH excluding ortho intramolecular Hbond substituents is 1. The minimum atomic E-state index is -0.573. The molecule has 1 atom stereocenters. The molecule has 0 aliphatic carbocycles. The molecule has 0 unspecified atom stereocenters. The highest BCUT2D eigenvalue weighted by atomic mass is 79.9. The molecular formula is C21H17BrN4O3. The number of phenols is 1. The number of halogens is 1. The van der Waals surface area contributed by atoms with Gasteiger partial charge in [-0.1, -0.05) is 34.1 Å². The number of aromatic amines is 1. The first-order valence-electron chi connectivity index (χ1n) is 9.23. The zero-order valence-corrected chi connectivity index (χ0v) is 16.9. The van der Waals surface area contributed by atoms with Crippen LogP contribution in [0.4, 0.5) is 0 Å². The predicted molar refractivity (Wildman–Crippen MR) is 111 cm³/mol. The molecule has 0 spiro atoms. The van der Waals surface area contributed by atoms with Gasteiger partial charge in [0.15, 0.2) is 0 Å². The fourth-order valence-electron chi connectivity index (χ4n) is 4.02. The van der Waals surface area contributed by atoms with Gasteiger partial charge in [0, 0.05) is 33.1 Å². The van der Waals surface area contributed by atoms with Crippen LogP contribution in [0.15, 0.2) is 52.0 Å². The lowest BCUT2D eigenvalue weighted by molar-refractivity contribution is -0.157. The Morgan fingerprint density at radius 3 is 2.86 bits per heavy atom. The van der Waals surface area contributed by atoms with E-state index in [1.165, 1.54) is 17.3 Å². The summed E-state index contributed by atoms with van der Waals surface area (Å²) in [7, 11) is 0. The lowest BCUT2D eigenvalue weighted by Crippen LogP contribution is -2.60. The minimum absolute atomic E-state index is 0.0514. The third kappa shape index (κ3) is 3.00. The summed E-state index contributed by atoms with van der Waals surface area (Å²) in [6, 6.07) is 12.3. The Morgan fingerprint density at radius 2 is 2.00 bits per heavy atom. The van der Waals surface area contributed by atoms with Gasteiger partial charge in [0.05, 0.1) is 12.8 Å². The quantitative estimate of drug-likeness (QED) is 0.585. The fraction of sp³-hybridized carbons (Fsp3) is 0.190. The second-order valence-electron chi connectivity index (χ2n) is 7.21. The number of para-hydroxylation sites is 1. The number of carbonyl (C=O) groups excluding carboxylic acids is 2. The van der Waals surface area contributed by atoms with Crippen molar-refractivity contribution < 1.29 is 14.7 Å². The van der Waals surface area contributed by atoms with Gasteiger partial charge in [0.2, 0.25) is 5.91 Å². The first-order chi connectivity index (χ1) is 14.0. The summed E-state index contributed by atoms with van der Waals surface area (Å²) >= 11 is 3.34. The molecule has 1 fully saturated rings. The van der Waals surface area contributed by atoms with Crippen LogP contribution in [-0.2, 0) is 22.6 Å². The number of nitrogens with zero attached hydrogens (tertiary/aromatic N) is 3. The molecule has 2 aromatic carbocycles. The van der Waals surface area contributed by atoms with Crippen molar-refractivity contribution in [3.63, 3.8) is 0 Å². The number of hydrogen-bond acceptors (Lipinski definition) is 4. The van der Waals surface area contributed by atoms with E-state index in [4.69, 9.17) is 0 Å². The van der Waals surface area contributed by atoms with Gasteiger partial charge in [0.1, 0.15) is 18.3 Å². The molecule has 2 aliphatic heterocycles. The van der Waals surface area contributed by atoms with Crippen LogP contribution in [0, 0.1) is 0 Å². The molecule has 29 heavy (non-hydrogen) atoms. The van der Waals surface area contributed by atoms with E-state index in [9.17, 15) is 14.7 Å². The summed E-state index contributed by atoms with van der Waals surface area (Å²) < 4.78 is 0.781. The lowest BCUT2D eigenvalue weighted by atomic mass is 9.94. The van der Waals surface area contributed by atoms with E-state index in [0.29, 0.717) is 18.5 Å². The summed E-state index contributed by atoms with van der Waals surface area (Å²) in [5, 5.41) is 16.5. The van der Waals surface area contributed by atoms with Crippen LogP contribution in [0.1, 0.15) is 16.8 Å². The van der Waals surface area contributed by atoms with Crippen molar-refractivity contribution in [1.29, 1.82) is 0 Å². The highest BCUT2D eigenvalue weighted by Crippen LogP contribution is 2.32. The van der Waals surface area contributed by atoms with Crippen LogP contribution in [0.2, 0.25) is 0 Å². The number of carbonyl (C=O) groups is 2. The van der Waals surface area contributed by atoms with Crippen molar-refractivity contribution in [3.8, 4) is 5.75 Å². The van der Waals surface area contributed by atoms with E-state index in [1.807, 2.05) is 24.3 Å². The normalized spacial score (nSPS) is 19.1. The van der Waals surface area contributed by atoms with Gasteiger partial charge in [-0.3, -0.25) is 9.59 Å². The average molecular weight is 453 g/mol. The molecule has 1 aromatic heterocycles. The summed E-state index contributed by atoms with van der Waals surface area (Å²) in [5.41, 5.74) is 3.54. The Labute approximate surface area is 174 Å². The summed E-state index contributed by atoms with van der Waals surface area (Å²) in [6.07, 6.45) is 1.86. The van der Waals surface area contributed by atoms with Crippen molar-refractivity contribution >= 4 is 44.9 Å². The zero-order valence-electron chi connectivity index (χ0n) is 15.3. The summed E-state index contributed by atoms with van der Waals surface area (Å²) in [4.78, 5) is 30.8. The second-order valence-corrected chi connectivity index (χ2v) is 8.13. The maximum absolute atomic E-state index is 13.1. The molecule has 0 bridgehead atoms. The van der Waals surface area contributed by atoms with E-state index >= 15 is 0 Å². The SMILES string of the molecule is O=C1[C@@H]2Cc3c([nH]c4ccccc34)CN2C(=O)CN1N=Cc1cc(Br)ccc1O. The van der Waals surface area contributed by atoms with Gasteiger partial charge in [-0.15, -0.1) is 0 Å². The Morgan fingerprint density at radius 1 is 1.17 bits per heavy atom. The number of hydrazone groups is 1. The van der Waals surface area contributed by atoms with E-state index < -0.39 is 6.04 Å². The molecule has 3 heterocycles. The number of fused-ring (bicyclic) bond motifs is 4. The molecule has 2 N–H and O–H groups in total. The van der Waals surface area contributed by atoms with Gasteiger partial charge < -0.3 is 15.0 Å². The number of aromatic hydroxyl groups is 1. The Balaban J connectivity index is 1.45. The molecule has 0 saturated carbocycles. The maximum Gasteiger partial charge on any atom is 0.266 e. The largest absolute Gasteiger partial charge is 0.507 e. The van der Waals surface area contributed by atoms with Crippen LogP contribution in [-0.4, -0.2) is 50.6 Å². The Bertz CT molecular complexity index is 1190. The molecule has 8 heteroatoms.